The Hall–Kier alpha value is -4.27. The summed E-state index contributed by atoms with van der Waals surface area (Å²) in [5, 5.41) is 3.08. The van der Waals surface area contributed by atoms with E-state index in [1.165, 1.54) is 54.6 Å². The molecule has 9 heteroatoms. The number of para-hydroxylation sites is 1. The minimum Gasteiger partial charge on any atom is -0.322 e. The van der Waals surface area contributed by atoms with Gasteiger partial charge in [0.05, 0.1) is 16.1 Å². The number of hydrogen-bond acceptors (Lipinski definition) is 5. The first-order valence-electron chi connectivity index (χ1n) is 10.8. The minimum absolute atomic E-state index is 0.0136. The van der Waals surface area contributed by atoms with Gasteiger partial charge >= 0.3 is 0 Å². The SMILES string of the molecule is O=C(Nc1ccc2c(c1)C(=O)c1ccccc1C2=O)c1ccccc1NS(=O)(=O)c1ccc(Cl)cc1. The van der Waals surface area contributed by atoms with Crippen LogP contribution in [0.1, 0.15) is 42.2 Å². The molecule has 0 saturated heterocycles. The molecule has 7 nitrogen and oxygen atoms in total. The lowest BCUT2D eigenvalue weighted by atomic mass is 9.84. The second-order valence-electron chi connectivity index (χ2n) is 8.02. The molecule has 1 amide bonds. The third kappa shape index (κ3) is 4.28. The van der Waals surface area contributed by atoms with Gasteiger partial charge in [0.2, 0.25) is 0 Å². The van der Waals surface area contributed by atoms with E-state index in [0.29, 0.717) is 16.1 Å². The van der Waals surface area contributed by atoms with E-state index in [1.807, 2.05) is 0 Å². The zero-order chi connectivity index (χ0) is 25.4. The monoisotopic (exact) mass is 516 g/mol. The van der Waals surface area contributed by atoms with E-state index < -0.39 is 15.9 Å². The summed E-state index contributed by atoms with van der Waals surface area (Å²) in [5.74, 6) is -1.17. The molecule has 0 heterocycles. The van der Waals surface area contributed by atoms with Crippen LogP contribution in [0.15, 0.2) is 95.9 Å². The van der Waals surface area contributed by atoms with Crippen molar-refractivity contribution in [2.24, 2.45) is 0 Å². The number of rotatable bonds is 5. The minimum atomic E-state index is -3.98. The van der Waals surface area contributed by atoms with Crippen LogP contribution in [-0.2, 0) is 10.0 Å². The first-order valence-corrected chi connectivity index (χ1v) is 12.6. The Morgan fingerprint density at radius 2 is 1.28 bits per heavy atom. The summed E-state index contributed by atoms with van der Waals surface area (Å²) >= 11 is 5.84. The van der Waals surface area contributed by atoms with E-state index in [4.69, 9.17) is 11.6 Å². The number of nitrogens with one attached hydrogen (secondary N) is 2. The van der Waals surface area contributed by atoms with E-state index in [9.17, 15) is 22.8 Å². The molecule has 5 rings (SSSR count). The molecule has 178 valence electrons. The third-order valence-corrected chi connectivity index (χ3v) is 7.36. The van der Waals surface area contributed by atoms with Crippen molar-refractivity contribution in [1.82, 2.24) is 0 Å². The standard InChI is InChI=1S/C27H17ClN2O5S/c28-16-9-12-18(13-10-16)36(34,35)30-24-8-4-3-7-22(24)27(33)29-17-11-14-21-23(15-17)26(32)20-6-2-1-5-19(20)25(21)31/h1-15,30H,(H,29,33). The summed E-state index contributed by atoms with van der Waals surface area (Å²) in [4.78, 5) is 38.9. The van der Waals surface area contributed by atoms with Crippen LogP contribution in [0.2, 0.25) is 5.02 Å². The maximum absolute atomic E-state index is 13.1. The van der Waals surface area contributed by atoms with E-state index in [-0.39, 0.29) is 44.5 Å². The van der Waals surface area contributed by atoms with Crippen molar-refractivity contribution in [3.05, 3.63) is 124 Å². The van der Waals surface area contributed by atoms with Gasteiger partial charge in [0.25, 0.3) is 15.9 Å². The number of amides is 1. The Morgan fingerprint density at radius 1 is 0.694 bits per heavy atom. The lowest BCUT2D eigenvalue weighted by Gasteiger charge is -2.18. The van der Waals surface area contributed by atoms with Crippen LogP contribution < -0.4 is 10.0 Å². The fourth-order valence-corrected chi connectivity index (χ4v) is 5.17. The number of hydrogen-bond donors (Lipinski definition) is 2. The molecular weight excluding hydrogens is 500 g/mol. The van der Waals surface area contributed by atoms with Crippen LogP contribution in [0, 0.1) is 0 Å². The molecule has 0 aromatic heterocycles. The van der Waals surface area contributed by atoms with Crippen LogP contribution >= 0.6 is 11.6 Å². The fraction of sp³-hybridized carbons (Fsp3) is 0. The summed E-state index contributed by atoms with van der Waals surface area (Å²) in [6, 6.07) is 22.8. The van der Waals surface area contributed by atoms with Gasteiger partial charge < -0.3 is 5.32 Å². The third-order valence-electron chi connectivity index (χ3n) is 5.72. The maximum atomic E-state index is 13.1. The van der Waals surface area contributed by atoms with Crippen LogP contribution in [0.4, 0.5) is 11.4 Å². The van der Waals surface area contributed by atoms with Crippen LogP contribution in [0.5, 0.6) is 0 Å². The van der Waals surface area contributed by atoms with Gasteiger partial charge in [-0.3, -0.25) is 19.1 Å². The average Bonchev–Trinajstić information content (AvgIpc) is 2.87. The van der Waals surface area contributed by atoms with Gasteiger partial charge in [0.1, 0.15) is 0 Å². The van der Waals surface area contributed by atoms with Crippen molar-refractivity contribution in [3.8, 4) is 0 Å². The number of carbonyl (C=O) groups is 3. The number of sulfonamides is 1. The highest BCUT2D eigenvalue weighted by molar-refractivity contribution is 7.92. The first-order chi connectivity index (χ1) is 17.2. The van der Waals surface area contributed by atoms with Gasteiger partial charge in [0, 0.05) is 33.0 Å². The van der Waals surface area contributed by atoms with E-state index in [1.54, 1.807) is 36.4 Å². The van der Waals surface area contributed by atoms with Gasteiger partial charge in [-0.25, -0.2) is 8.42 Å². The number of anilines is 2. The molecule has 0 bridgehead atoms. The molecule has 0 unspecified atom stereocenters. The number of benzene rings is 4. The quantitative estimate of drug-likeness (QED) is 0.335. The summed E-state index contributed by atoms with van der Waals surface area (Å²) in [6.07, 6.45) is 0. The Bertz CT molecular complexity index is 1660. The molecule has 0 saturated carbocycles. The Morgan fingerprint density at radius 3 is 1.97 bits per heavy atom. The van der Waals surface area contributed by atoms with Gasteiger partial charge in [-0.15, -0.1) is 0 Å². The number of halogens is 1. The van der Waals surface area contributed by atoms with Crippen molar-refractivity contribution < 1.29 is 22.8 Å². The Balaban J connectivity index is 1.42. The van der Waals surface area contributed by atoms with Gasteiger partial charge in [0.15, 0.2) is 11.6 Å². The Labute approximate surface area is 211 Å². The fourth-order valence-electron chi connectivity index (χ4n) is 3.96. The van der Waals surface area contributed by atoms with E-state index in [0.717, 1.165) is 0 Å². The summed E-state index contributed by atoms with van der Waals surface area (Å²) in [7, 11) is -3.98. The number of carbonyl (C=O) groups excluding carboxylic acids is 3. The second-order valence-corrected chi connectivity index (χ2v) is 10.1. The van der Waals surface area contributed by atoms with E-state index in [2.05, 4.69) is 10.0 Å². The Kier molecular flexibility index (Phi) is 5.91. The lowest BCUT2D eigenvalue weighted by molar-refractivity contribution is 0.0979. The van der Waals surface area contributed by atoms with Crippen LogP contribution in [0.3, 0.4) is 0 Å². The highest BCUT2D eigenvalue weighted by atomic mass is 35.5. The highest BCUT2D eigenvalue weighted by Gasteiger charge is 2.29. The maximum Gasteiger partial charge on any atom is 0.261 e. The second kappa shape index (κ2) is 9.07. The van der Waals surface area contributed by atoms with Crippen LogP contribution in [0.25, 0.3) is 0 Å². The van der Waals surface area contributed by atoms with Crippen molar-refractivity contribution in [2.45, 2.75) is 4.90 Å². The molecule has 0 spiro atoms. The molecule has 0 aliphatic heterocycles. The lowest BCUT2D eigenvalue weighted by Crippen LogP contribution is -2.22. The first kappa shape index (κ1) is 23.5. The topological polar surface area (TPSA) is 109 Å². The van der Waals surface area contributed by atoms with Gasteiger partial charge in [-0.05, 0) is 54.6 Å². The molecule has 4 aromatic carbocycles. The molecule has 1 aliphatic rings. The predicted molar refractivity (Wildman–Crippen MR) is 136 cm³/mol. The molecule has 0 fully saturated rings. The summed E-state index contributed by atoms with van der Waals surface area (Å²) in [6.45, 7) is 0. The zero-order valence-electron chi connectivity index (χ0n) is 18.5. The summed E-state index contributed by atoms with van der Waals surface area (Å²) in [5.41, 5.74) is 1.52. The van der Waals surface area contributed by atoms with E-state index >= 15 is 0 Å². The zero-order valence-corrected chi connectivity index (χ0v) is 20.1. The van der Waals surface area contributed by atoms with Crippen molar-refractivity contribution in [2.75, 3.05) is 10.0 Å². The molecule has 0 atom stereocenters. The van der Waals surface area contributed by atoms with Crippen LogP contribution in [-0.4, -0.2) is 25.9 Å². The molecular formula is C27H17ClN2O5S. The number of fused-ring (bicyclic) bond motifs is 2. The molecule has 2 N–H and O–H groups in total. The predicted octanol–water partition coefficient (Wildman–Crippen LogP) is 5.17. The summed E-state index contributed by atoms with van der Waals surface area (Å²) < 4.78 is 28.1. The average molecular weight is 517 g/mol. The molecule has 36 heavy (non-hydrogen) atoms. The largest absolute Gasteiger partial charge is 0.322 e. The van der Waals surface area contributed by atoms with Gasteiger partial charge in [-0.2, -0.15) is 0 Å². The smallest absolute Gasteiger partial charge is 0.261 e. The normalized spacial score (nSPS) is 12.5. The van der Waals surface area contributed by atoms with Crippen molar-refractivity contribution in [3.63, 3.8) is 0 Å². The number of ketones is 2. The van der Waals surface area contributed by atoms with Crippen molar-refractivity contribution in [1.29, 1.82) is 0 Å². The molecule has 1 aliphatic carbocycles. The van der Waals surface area contributed by atoms with Crippen molar-refractivity contribution >= 4 is 50.5 Å². The van der Waals surface area contributed by atoms with Gasteiger partial charge in [-0.1, -0.05) is 48.0 Å². The molecule has 0 radical (unpaired) electrons. The highest BCUT2D eigenvalue weighted by Crippen LogP contribution is 2.30. The molecule has 4 aromatic rings.